The number of methoxy groups -OCH3 is 1. The third-order valence-corrected chi connectivity index (χ3v) is 3.16. The lowest BCUT2D eigenvalue weighted by Gasteiger charge is -2.15. The number of carbonyl (C=O) groups excluding carboxylic acids is 1. The molecule has 20 heavy (non-hydrogen) atoms. The van der Waals surface area contributed by atoms with Crippen molar-refractivity contribution in [3.63, 3.8) is 0 Å². The van der Waals surface area contributed by atoms with E-state index in [4.69, 9.17) is 4.74 Å². The Kier molecular flexibility index (Phi) is 4.22. The zero-order valence-corrected chi connectivity index (χ0v) is 12.3. The van der Waals surface area contributed by atoms with Gasteiger partial charge in [-0.1, -0.05) is 6.92 Å². The number of ether oxygens (including phenoxy) is 1. The summed E-state index contributed by atoms with van der Waals surface area (Å²) >= 11 is 0. The van der Waals surface area contributed by atoms with Gasteiger partial charge in [-0.05, 0) is 26.3 Å². The topological polar surface area (TPSA) is 69.0 Å². The van der Waals surface area contributed by atoms with E-state index in [1.165, 1.54) is 7.11 Å². The fourth-order valence-corrected chi connectivity index (χ4v) is 2.07. The Morgan fingerprint density at radius 2 is 2.20 bits per heavy atom. The van der Waals surface area contributed by atoms with Gasteiger partial charge < -0.3 is 10.1 Å². The van der Waals surface area contributed by atoms with Crippen LogP contribution in [-0.4, -0.2) is 33.9 Å². The van der Waals surface area contributed by atoms with Crippen LogP contribution in [0.25, 0.3) is 11.0 Å². The highest BCUT2D eigenvalue weighted by Crippen LogP contribution is 2.20. The summed E-state index contributed by atoms with van der Waals surface area (Å²) in [5.74, 6) is -0.273. The van der Waals surface area contributed by atoms with Crippen molar-refractivity contribution >= 4 is 22.7 Å². The Hall–Kier alpha value is -2.11. The smallest absolute Gasteiger partial charge is 0.328 e. The molecular weight excluding hydrogens is 256 g/mol. The van der Waals surface area contributed by atoms with Crippen LogP contribution >= 0.6 is 0 Å². The summed E-state index contributed by atoms with van der Waals surface area (Å²) < 4.78 is 6.63. The van der Waals surface area contributed by atoms with Gasteiger partial charge in [0, 0.05) is 11.4 Å². The normalized spacial score (nSPS) is 12.7. The van der Waals surface area contributed by atoms with Gasteiger partial charge in [0.25, 0.3) is 0 Å². The molecule has 0 aliphatic heterocycles. The summed E-state index contributed by atoms with van der Waals surface area (Å²) in [6.07, 6.45) is 4.15. The minimum atomic E-state index is -0.362. The Labute approximate surface area is 118 Å². The van der Waals surface area contributed by atoms with Crippen molar-refractivity contribution in [2.24, 2.45) is 0 Å². The Morgan fingerprint density at radius 3 is 2.80 bits per heavy atom. The van der Waals surface area contributed by atoms with E-state index >= 15 is 0 Å². The number of pyridine rings is 1. The molecule has 0 aromatic carbocycles. The molecule has 0 saturated heterocycles. The maximum atomic E-state index is 11.6. The van der Waals surface area contributed by atoms with Gasteiger partial charge in [0.2, 0.25) is 0 Å². The lowest BCUT2D eigenvalue weighted by Crippen LogP contribution is -2.29. The molecule has 0 amide bonds. The molecule has 2 aromatic rings. The molecule has 2 aromatic heterocycles. The van der Waals surface area contributed by atoms with Crippen molar-refractivity contribution in [3.05, 3.63) is 18.5 Å². The van der Waals surface area contributed by atoms with Crippen molar-refractivity contribution in [1.29, 1.82) is 0 Å². The minimum Gasteiger partial charge on any atom is -0.467 e. The molecule has 0 radical (unpaired) electrons. The van der Waals surface area contributed by atoms with Gasteiger partial charge in [-0.2, -0.15) is 5.10 Å². The van der Waals surface area contributed by atoms with E-state index < -0.39 is 0 Å². The first kappa shape index (κ1) is 14.3. The summed E-state index contributed by atoms with van der Waals surface area (Å²) in [4.78, 5) is 16.0. The second-order valence-electron chi connectivity index (χ2n) is 4.95. The Morgan fingerprint density at radius 1 is 1.45 bits per heavy atom. The number of hydrogen-bond donors (Lipinski definition) is 1. The number of esters is 1. The highest BCUT2D eigenvalue weighted by molar-refractivity contribution is 5.82. The molecule has 0 bridgehead atoms. The SMILES string of the molecule is CCC(Nc1cnc2c(cnn2C(C)C)c1)C(=O)OC. The molecule has 108 valence electrons. The van der Waals surface area contributed by atoms with Crippen LogP contribution in [0, 0.1) is 0 Å². The highest BCUT2D eigenvalue weighted by Gasteiger charge is 2.17. The zero-order chi connectivity index (χ0) is 14.7. The average Bonchev–Trinajstić information content (AvgIpc) is 2.87. The van der Waals surface area contributed by atoms with Crippen LogP contribution in [-0.2, 0) is 9.53 Å². The van der Waals surface area contributed by atoms with E-state index in [-0.39, 0.29) is 18.1 Å². The third-order valence-electron chi connectivity index (χ3n) is 3.16. The molecule has 0 fully saturated rings. The molecule has 1 N–H and O–H groups in total. The van der Waals surface area contributed by atoms with Gasteiger partial charge in [-0.25, -0.2) is 14.5 Å². The monoisotopic (exact) mass is 276 g/mol. The second kappa shape index (κ2) is 5.90. The van der Waals surface area contributed by atoms with Crippen LogP contribution in [0.15, 0.2) is 18.5 Å². The van der Waals surface area contributed by atoms with Gasteiger partial charge in [0.15, 0.2) is 5.65 Å². The molecule has 1 atom stereocenters. The summed E-state index contributed by atoms with van der Waals surface area (Å²) in [5.41, 5.74) is 1.63. The Balaban J connectivity index is 2.26. The van der Waals surface area contributed by atoms with Crippen LogP contribution < -0.4 is 5.32 Å². The molecular formula is C14H20N4O2. The predicted octanol–water partition coefficient (Wildman–Crippen LogP) is 2.38. The van der Waals surface area contributed by atoms with Crippen LogP contribution in [0.1, 0.15) is 33.2 Å². The maximum Gasteiger partial charge on any atom is 0.328 e. The Bertz CT molecular complexity index is 606. The van der Waals surface area contributed by atoms with E-state index in [0.717, 1.165) is 16.7 Å². The number of nitrogens with one attached hydrogen (secondary N) is 1. The molecule has 0 saturated carbocycles. The van der Waals surface area contributed by atoms with Crippen LogP contribution in [0.4, 0.5) is 5.69 Å². The first-order chi connectivity index (χ1) is 9.56. The van der Waals surface area contributed by atoms with Gasteiger partial charge in [-0.15, -0.1) is 0 Å². The summed E-state index contributed by atoms with van der Waals surface area (Å²) in [5, 5.41) is 8.40. The van der Waals surface area contributed by atoms with E-state index in [0.29, 0.717) is 6.42 Å². The molecule has 2 heterocycles. The fraction of sp³-hybridized carbons (Fsp3) is 0.500. The first-order valence-corrected chi connectivity index (χ1v) is 6.74. The van der Waals surface area contributed by atoms with Gasteiger partial charge in [-0.3, -0.25) is 0 Å². The number of rotatable bonds is 5. The number of anilines is 1. The molecule has 6 heteroatoms. The number of nitrogens with zero attached hydrogens (tertiary/aromatic N) is 3. The molecule has 0 spiro atoms. The molecule has 2 rings (SSSR count). The third kappa shape index (κ3) is 2.74. The maximum absolute atomic E-state index is 11.6. The van der Waals surface area contributed by atoms with E-state index in [1.54, 1.807) is 12.4 Å². The summed E-state index contributed by atoms with van der Waals surface area (Å²) in [6.45, 7) is 6.05. The van der Waals surface area contributed by atoms with Gasteiger partial charge in [0.1, 0.15) is 6.04 Å². The van der Waals surface area contributed by atoms with Crippen LogP contribution in [0.5, 0.6) is 0 Å². The predicted molar refractivity (Wildman–Crippen MR) is 77.6 cm³/mol. The second-order valence-corrected chi connectivity index (χ2v) is 4.95. The highest BCUT2D eigenvalue weighted by atomic mass is 16.5. The number of fused-ring (bicyclic) bond motifs is 1. The fourth-order valence-electron chi connectivity index (χ4n) is 2.07. The van der Waals surface area contributed by atoms with Crippen molar-refractivity contribution < 1.29 is 9.53 Å². The van der Waals surface area contributed by atoms with E-state index in [1.807, 2.05) is 17.7 Å². The molecule has 0 aliphatic carbocycles. The van der Waals surface area contributed by atoms with Crippen molar-refractivity contribution in [3.8, 4) is 0 Å². The van der Waals surface area contributed by atoms with Gasteiger partial charge >= 0.3 is 5.97 Å². The minimum absolute atomic E-state index is 0.261. The molecule has 6 nitrogen and oxygen atoms in total. The van der Waals surface area contributed by atoms with Gasteiger partial charge in [0.05, 0.1) is 25.2 Å². The van der Waals surface area contributed by atoms with Crippen LogP contribution in [0.3, 0.4) is 0 Å². The zero-order valence-electron chi connectivity index (χ0n) is 12.3. The van der Waals surface area contributed by atoms with Crippen molar-refractivity contribution in [1.82, 2.24) is 14.8 Å². The standard InChI is InChI=1S/C14H20N4O2/c1-5-12(14(19)20-4)17-11-6-10-7-16-18(9(2)3)13(10)15-8-11/h6-9,12,17H,5H2,1-4H3. The van der Waals surface area contributed by atoms with Crippen molar-refractivity contribution in [2.45, 2.75) is 39.3 Å². The van der Waals surface area contributed by atoms with Crippen LogP contribution in [0.2, 0.25) is 0 Å². The number of carbonyl (C=O) groups is 1. The van der Waals surface area contributed by atoms with E-state index in [9.17, 15) is 4.79 Å². The average molecular weight is 276 g/mol. The lowest BCUT2D eigenvalue weighted by molar-refractivity contribution is -0.141. The van der Waals surface area contributed by atoms with Crippen molar-refractivity contribution in [2.75, 3.05) is 12.4 Å². The number of hydrogen-bond acceptors (Lipinski definition) is 5. The summed E-state index contributed by atoms with van der Waals surface area (Å²) in [6, 6.07) is 1.84. The lowest BCUT2D eigenvalue weighted by atomic mass is 10.2. The van der Waals surface area contributed by atoms with E-state index in [2.05, 4.69) is 29.2 Å². The first-order valence-electron chi connectivity index (χ1n) is 6.74. The quantitative estimate of drug-likeness (QED) is 0.849. The largest absolute Gasteiger partial charge is 0.467 e. The molecule has 0 aliphatic rings. The summed E-state index contributed by atoms with van der Waals surface area (Å²) in [7, 11) is 1.39. The number of aromatic nitrogens is 3. The molecule has 1 unspecified atom stereocenters.